The summed E-state index contributed by atoms with van der Waals surface area (Å²) >= 11 is 0. The molecule has 0 saturated carbocycles. The number of rotatable bonds is 11. The maximum absolute atomic E-state index is 12.3. The molecular weight excluding hydrogens is 476 g/mol. The van der Waals surface area contributed by atoms with Gasteiger partial charge in [0.05, 0.1) is 13.1 Å². The van der Waals surface area contributed by atoms with Crippen LogP contribution in [-0.2, 0) is 27.1 Å². The molecule has 1 aromatic rings. The smallest absolute Gasteiger partial charge is 0.410 e. The number of ether oxygens (including phenoxy) is 2. The van der Waals surface area contributed by atoms with Gasteiger partial charge in [0.1, 0.15) is 23.1 Å². The van der Waals surface area contributed by atoms with Crippen molar-refractivity contribution < 1.29 is 29.0 Å². The number of carboxylic acids is 1. The van der Waals surface area contributed by atoms with Gasteiger partial charge in [-0.1, -0.05) is 31.7 Å². The van der Waals surface area contributed by atoms with Gasteiger partial charge in [-0.2, -0.15) is 0 Å². The van der Waals surface area contributed by atoms with Gasteiger partial charge in [0, 0.05) is 12.2 Å². The van der Waals surface area contributed by atoms with E-state index in [2.05, 4.69) is 22.8 Å². The Morgan fingerprint density at radius 3 is 2.57 bits per heavy atom. The Hall–Kier alpha value is -3.04. The highest BCUT2D eigenvalue weighted by atomic mass is 16.6. The molecule has 0 aromatic carbocycles. The largest absolute Gasteiger partial charge is 0.480 e. The predicted molar refractivity (Wildman–Crippen MR) is 140 cm³/mol. The summed E-state index contributed by atoms with van der Waals surface area (Å²) in [5.41, 5.74) is 0.931. The first kappa shape index (κ1) is 28.5. The highest BCUT2D eigenvalue weighted by Crippen LogP contribution is 2.27. The maximum atomic E-state index is 12.3. The molecule has 10 heteroatoms. The van der Waals surface area contributed by atoms with E-state index in [9.17, 15) is 19.5 Å². The van der Waals surface area contributed by atoms with Crippen molar-refractivity contribution in [1.82, 2.24) is 15.2 Å². The first-order valence-corrected chi connectivity index (χ1v) is 13.4. The van der Waals surface area contributed by atoms with Crippen LogP contribution in [0.3, 0.4) is 0 Å². The average molecular weight is 519 g/mol. The average Bonchev–Trinajstić information content (AvgIpc) is 2.79. The van der Waals surface area contributed by atoms with E-state index >= 15 is 0 Å². The minimum absolute atomic E-state index is 0.199. The van der Waals surface area contributed by atoms with Crippen molar-refractivity contribution in [3.63, 3.8) is 0 Å². The molecule has 3 heterocycles. The Kier molecular flexibility index (Phi) is 9.62. The number of likely N-dealkylation sites (tertiary alicyclic amines) is 1. The van der Waals surface area contributed by atoms with Gasteiger partial charge < -0.3 is 30.1 Å². The first-order chi connectivity index (χ1) is 17.4. The Labute approximate surface area is 219 Å². The summed E-state index contributed by atoms with van der Waals surface area (Å²) in [6.45, 7) is 8.44. The number of carbonyl (C=O) groups excluding carboxylic acids is 2. The molecule has 0 unspecified atom stereocenters. The van der Waals surface area contributed by atoms with Crippen LogP contribution in [-0.4, -0.2) is 70.0 Å². The molecule has 3 N–H and O–H groups in total. The van der Waals surface area contributed by atoms with Crippen molar-refractivity contribution >= 4 is 24.0 Å². The molecule has 3 rings (SSSR count). The fourth-order valence-electron chi connectivity index (χ4n) is 4.63. The topological polar surface area (TPSA) is 130 Å². The van der Waals surface area contributed by atoms with Gasteiger partial charge in [-0.05, 0) is 71.4 Å². The van der Waals surface area contributed by atoms with Gasteiger partial charge in [-0.25, -0.2) is 19.4 Å². The van der Waals surface area contributed by atoms with E-state index in [1.165, 1.54) is 10.5 Å². The lowest BCUT2D eigenvalue weighted by Crippen LogP contribution is -2.65. The van der Waals surface area contributed by atoms with Crippen LogP contribution in [0, 0.1) is 0 Å². The van der Waals surface area contributed by atoms with E-state index in [-0.39, 0.29) is 13.1 Å². The number of fused-ring (bicyclic) bond motifs is 1. The molecule has 0 spiro atoms. The van der Waals surface area contributed by atoms with E-state index < -0.39 is 35.4 Å². The summed E-state index contributed by atoms with van der Waals surface area (Å²) in [7, 11) is 0. The summed E-state index contributed by atoms with van der Waals surface area (Å²) in [6.07, 6.45) is 6.94. The minimum Gasteiger partial charge on any atom is -0.480 e. The summed E-state index contributed by atoms with van der Waals surface area (Å²) in [4.78, 5) is 42.2. The van der Waals surface area contributed by atoms with Crippen LogP contribution in [0.1, 0.15) is 83.9 Å². The van der Waals surface area contributed by atoms with Crippen molar-refractivity contribution in [3.8, 4) is 0 Å². The number of nitrogens with zero attached hydrogens (tertiary/aromatic N) is 2. The van der Waals surface area contributed by atoms with Crippen molar-refractivity contribution in [3.05, 3.63) is 23.4 Å². The molecule has 37 heavy (non-hydrogen) atoms. The van der Waals surface area contributed by atoms with Crippen molar-refractivity contribution in [2.45, 2.75) is 103 Å². The number of hydrogen-bond donors (Lipinski definition) is 3. The normalized spacial score (nSPS) is 17.0. The molecule has 1 aromatic heterocycles. The van der Waals surface area contributed by atoms with Crippen molar-refractivity contribution in [2.24, 2.45) is 0 Å². The Balaban J connectivity index is 1.29. The van der Waals surface area contributed by atoms with Crippen molar-refractivity contribution in [2.75, 3.05) is 25.0 Å². The number of unbranched alkanes of at least 4 members (excludes halogenated alkanes) is 4. The number of carbonyl (C=O) groups is 3. The molecule has 2 aliphatic rings. The number of anilines is 1. The second kappa shape index (κ2) is 12.5. The van der Waals surface area contributed by atoms with Gasteiger partial charge in [0.25, 0.3) is 0 Å². The molecular formula is C27H42N4O6. The number of nitrogens with one attached hydrogen (secondary N) is 2. The van der Waals surface area contributed by atoms with Gasteiger partial charge in [-0.3, -0.25) is 0 Å². The van der Waals surface area contributed by atoms with Gasteiger partial charge in [0.2, 0.25) is 0 Å². The van der Waals surface area contributed by atoms with Crippen molar-refractivity contribution in [1.29, 1.82) is 0 Å². The highest BCUT2D eigenvalue weighted by molar-refractivity contribution is 5.80. The van der Waals surface area contributed by atoms with Crippen LogP contribution in [0.2, 0.25) is 0 Å². The van der Waals surface area contributed by atoms with Crippen LogP contribution in [0.15, 0.2) is 12.1 Å². The molecule has 1 saturated heterocycles. The molecule has 0 aliphatic carbocycles. The van der Waals surface area contributed by atoms with Gasteiger partial charge in [0.15, 0.2) is 0 Å². The lowest BCUT2D eigenvalue weighted by atomic mass is 9.97. The lowest BCUT2D eigenvalue weighted by Gasteiger charge is -2.46. The Morgan fingerprint density at radius 2 is 1.86 bits per heavy atom. The zero-order valence-corrected chi connectivity index (χ0v) is 22.6. The number of amides is 2. The number of aromatic nitrogens is 1. The van der Waals surface area contributed by atoms with Crippen LogP contribution in [0.25, 0.3) is 0 Å². The summed E-state index contributed by atoms with van der Waals surface area (Å²) < 4.78 is 10.7. The number of pyridine rings is 1. The zero-order valence-electron chi connectivity index (χ0n) is 22.6. The van der Waals surface area contributed by atoms with Crippen LogP contribution in [0.4, 0.5) is 15.4 Å². The number of carboxylic acid groups (broad SMARTS) is 1. The van der Waals surface area contributed by atoms with E-state index in [1.54, 1.807) is 27.7 Å². The fraction of sp³-hybridized carbons (Fsp3) is 0.704. The van der Waals surface area contributed by atoms with E-state index in [4.69, 9.17) is 14.5 Å². The van der Waals surface area contributed by atoms with E-state index in [0.717, 1.165) is 63.0 Å². The molecule has 1 fully saturated rings. The monoisotopic (exact) mass is 518 g/mol. The Bertz CT molecular complexity index is 955. The minimum atomic E-state index is -1.09. The SMILES string of the molecule is CC(C)(C)OC(=O)N1CC(C)(OC(=O)N[C@@H](CCCCCCCc2ccc3c(n2)NCCC3)C(=O)O)C1. The number of hydrogen-bond acceptors (Lipinski definition) is 7. The Morgan fingerprint density at radius 1 is 1.16 bits per heavy atom. The molecule has 206 valence electrons. The van der Waals surface area contributed by atoms with Crippen LogP contribution >= 0.6 is 0 Å². The number of aliphatic carboxylic acids is 1. The molecule has 2 amide bonds. The maximum Gasteiger partial charge on any atom is 0.410 e. The second-order valence-electron chi connectivity index (χ2n) is 11.4. The van der Waals surface area contributed by atoms with Gasteiger partial charge >= 0.3 is 18.2 Å². The third kappa shape index (κ3) is 9.09. The quantitative estimate of drug-likeness (QED) is 0.365. The van der Waals surface area contributed by atoms with E-state index in [0.29, 0.717) is 12.8 Å². The third-order valence-corrected chi connectivity index (χ3v) is 6.51. The number of aryl methyl sites for hydroxylation is 2. The summed E-state index contributed by atoms with van der Waals surface area (Å²) in [5, 5.41) is 15.3. The molecule has 1 atom stereocenters. The summed E-state index contributed by atoms with van der Waals surface area (Å²) in [5.74, 6) is -0.0562. The zero-order chi connectivity index (χ0) is 27.1. The van der Waals surface area contributed by atoms with Crippen LogP contribution < -0.4 is 10.6 Å². The highest BCUT2D eigenvalue weighted by Gasteiger charge is 2.46. The predicted octanol–water partition coefficient (Wildman–Crippen LogP) is 4.51. The first-order valence-electron chi connectivity index (χ1n) is 13.4. The fourth-order valence-corrected chi connectivity index (χ4v) is 4.63. The molecule has 0 radical (unpaired) electrons. The van der Waals surface area contributed by atoms with Crippen LogP contribution in [0.5, 0.6) is 0 Å². The van der Waals surface area contributed by atoms with Gasteiger partial charge in [-0.15, -0.1) is 0 Å². The third-order valence-electron chi connectivity index (χ3n) is 6.51. The second-order valence-corrected chi connectivity index (χ2v) is 11.4. The number of alkyl carbamates (subject to hydrolysis) is 1. The van der Waals surface area contributed by atoms with E-state index in [1.807, 2.05) is 0 Å². The molecule has 10 nitrogen and oxygen atoms in total. The lowest BCUT2D eigenvalue weighted by molar-refractivity contribution is -0.140. The molecule has 0 bridgehead atoms. The summed E-state index contributed by atoms with van der Waals surface area (Å²) in [6, 6.07) is 3.29. The standard InChI is InChI=1S/C27H42N4O6/c1-26(2,3)37-25(35)31-17-27(4,18-31)36-24(34)30-21(23(32)33)13-9-7-5-6-8-12-20-15-14-19-11-10-16-28-22(19)29-20/h14-15,21H,5-13,16-18H2,1-4H3,(H,28,29)(H,30,34)(H,32,33)/t21-/m0/s1. The molecule has 2 aliphatic heterocycles.